The third-order valence-electron chi connectivity index (χ3n) is 5.20. The summed E-state index contributed by atoms with van der Waals surface area (Å²) in [5, 5.41) is 15.2. The number of rotatable bonds is 14. The van der Waals surface area contributed by atoms with E-state index in [2.05, 4.69) is 20.6 Å². The van der Waals surface area contributed by atoms with Crippen molar-refractivity contribution in [3.63, 3.8) is 0 Å². The Balaban J connectivity index is 2.23. The first-order valence-corrected chi connectivity index (χ1v) is 12.3. The summed E-state index contributed by atoms with van der Waals surface area (Å²) in [6.07, 6.45) is -1.97. The molecule has 0 radical (unpaired) electrons. The molecule has 1 amide bonds. The van der Waals surface area contributed by atoms with Crippen molar-refractivity contribution in [1.29, 1.82) is 0 Å². The van der Waals surface area contributed by atoms with Crippen LogP contribution < -0.4 is 22.1 Å². The number of carbonyl (C=O) groups is 1. The van der Waals surface area contributed by atoms with Gasteiger partial charge in [-0.05, 0) is 43.8 Å². The summed E-state index contributed by atoms with van der Waals surface area (Å²) in [4.78, 5) is 23.3. The van der Waals surface area contributed by atoms with Crippen molar-refractivity contribution >= 4 is 40.8 Å². The summed E-state index contributed by atoms with van der Waals surface area (Å²) in [5.74, 6) is -0.452. The molecule has 200 valence electrons. The average molecular weight is 532 g/mol. The Hall–Kier alpha value is -2.81. The molecule has 0 bridgehead atoms. The number of ether oxygens (including phenoxy) is 1. The number of thioether (sulfide) groups is 1. The highest BCUT2D eigenvalue weighted by Crippen LogP contribution is 2.31. The zero-order valence-corrected chi connectivity index (χ0v) is 21.0. The standard InChI is InChI=1S/C22H32F3N7O3S/c1-35-12-10-32(9-11-33)8-4-7-16(29-18-17(26)20(36-2)31-21(27)30-18)19(34)28-15-6-3-5-14(13-15)22(23,24)25/h3,5-6,13,16,33H,4,7-12,26H2,1-2H3,(H,28,34)(H3,27,29,30,31)/t16-/m0/s1. The lowest BCUT2D eigenvalue weighted by Gasteiger charge is -2.24. The van der Waals surface area contributed by atoms with Crippen LogP contribution in [0.25, 0.3) is 0 Å². The summed E-state index contributed by atoms with van der Waals surface area (Å²) < 4.78 is 44.4. The molecule has 0 aliphatic heterocycles. The van der Waals surface area contributed by atoms with E-state index < -0.39 is 23.7 Å². The fourth-order valence-electron chi connectivity index (χ4n) is 3.38. The van der Waals surface area contributed by atoms with Crippen molar-refractivity contribution in [3.05, 3.63) is 29.8 Å². The van der Waals surface area contributed by atoms with Crippen LogP contribution in [0, 0.1) is 0 Å². The maximum atomic E-state index is 13.2. The Morgan fingerprint density at radius 1 is 1.25 bits per heavy atom. The van der Waals surface area contributed by atoms with E-state index >= 15 is 0 Å². The number of nitrogens with one attached hydrogen (secondary N) is 2. The van der Waals surface area contributed by atoms with Crippen molar-refractivity contribution in [2.24, 2.45) is 0 Å². The molecule has 10 nitrogen and oxygen atoms in total. The van der Waals surface area contributed by atoms with E-state index in [1.54, 1.807) is 13.4 Å². The topological polar surface area (TPSA) is 152 Å². The van der Waals surface area contributed by atoms with Crippen LogP contribution in [0.5, 0.6) is 0 Å². The number of aromatic nitrogens is 2. The van der Waals surface area contributed by atoms with Crippen molar-refractivity contribution in [1.82, 2.24) is 14.9 Å². The molecule has 0 fully saturated rings. The molecule has 0 aliphatic rings. The van der Waals surface area contributed by atoms with Crippen LogP contribution in [-0.2, 0) is 15.7 Å². The smallest absolute Gasteiger partial charge is 0.395 e. The number of anilines is 4. The van der Waals surface area contributed by atoms with Gasteiger partial charge >= 0.3 is 6.18 Å². The summed E-state index contributed by atoms with van der Waals surface area (Å²) >= 11 is 1.26. The van der Waals surface area contributed by atoms with Gasteiger partial charge in [-0.3, -0.25) is 9.69 Å². The molecule has 36 heavy (non-hydrogen) atoms. The molecule has 14 heteroatoms. The van der Waals surface area contributed by atoms with Crippen LogP contribution in [0.3, 0.4) is 0 Å². The first-order chi connectivity index (χ1) is 17.1. The number of nitrogen functional groups attached to an aromatic ring is 2. The second-order valence-electron chi connectivity index (χ2n) is 7.82. The van der Waals surface area contributed by atoms with Gasteiger partial charge in [0.05, 0.1) is 18.8 Å². The summed E-state index contributed by atoms with van der Waals surface area (Å²) in [5.41, 5.74) is 11.2. The minimum atomic E-state index is -4.54. The number of carbonyl (C=O) groups excluding carboxylic acids is 1. The number of methoxy groups -OCH3 is 1. The van der Waals surface area contributed by atoms with Gasteiger partial charge in [0.15, 0.2) is 5.82 Å². The molecule has 1 heterocycles. The van der Waals surface area contributed by atoms with Crippen LogP contribution in [0.1, 0.15) is 18.4 Å². The molecule has 2 rings (SSSR count). The van der Waals surface area contributed by atoms with E-state index in [9.17, 15) is 23.1 Å². The Morgan fingerprint density at radius 2 is 2.00 bits per heavy atom. The van der Waals surface area contributed by atoms with Gasteiger partial charge in [0.2, 0.25) is 11.9 Å². The van der Waals surface area contributed by atoms with Gasteiger partial charge in [-0.15, -0.1) is 11.8 Å². The molecular formula is C22H32F3N7O3S. The number of aliphatic hydroxyl groups is 1. The highest BCUT2D eigenvalue weighted by Gasteiger charge is 2.31. The van der Waals surface area contributed by atoms with Crippen molar-refractivity contribution < 1.29 is 27.8 Å². The number of amides is 1. The number of hydrogen-bond donors (Lipinski definition) is 5. The number of halogens is 3. The average Bonchev–Trinajstić information content (AvgIpc) is 2.83. The van der Waals surface area contributed by atoms with E-state index in [0.717, 1.165) is 12.1 Å². The Labute approximate surface area is 212 Å². The van der Waals surface area contributed by atoms with Gasteiger partial charge in [-0.1, -0.05) is 6.07 Å². The van der Waals surface area contributed by atoms with E-state index in [1.165, 1.54) is 23.9 Å². The van der Waals surface area contributed by atoms with Gasteiger partial charge in [0.25, 0.3) is 0 Å². The fraction of sp³-hybridized carbons (Fsp3) is 0.500. The first-order valence-electron chi connectivity index (χ1n) is 11.1. The molecule has 7 N–H and O–H groups in total. The van der Waals surface area contributed by atoms with Crippen molar-refractivity contribution in [2.45, 2.75) is 30.1 Å². The first kappa shape index (κ1) is 29.4. The van der Waals surface area contributed by atoms with Crippen LogP contribution in [-0.4, -0.2) is 78.1 Å². The molecule has 0 unspecified atom stereocenters. The normalized spacial score (nSPS) is 12.5. The minimum Gasteiger partial charge on any atom is -0.395 e. The van der Waals surface area contributed by atoms with Crippen molar-refractivity contribution in [2.75, 3.05) is 68.3 Å². The SMILES string of the molecule is COCCN(CCO)CCC[C@H](Nc1nc(N)nc(SC)c1N)C(=O)Nc1cccc(C(F)(F)F)c1. The molecular weight excluding hydrogens is 499 g/mol. The Kier molecular flexibility index (Phi) is 11.5. The van der Waals surface area contributed by atoms with E-state index in [1.807, 2.05) is 4.90 Å². The third kappa shape index (κ3) is 9.00. The quantitative estimate of drug-likeness (QED) is 0.182. The van der Waals surface area contributed by atoms with E-state index in [0.29, 0.717) is 37.7 Å². The molecule has 1 aromatic carbocycles. The fourth-order valence-corrected chi connectivity index (χ4v) is 3.89. The highest BCUT2D eigenvalue weighted by atomic mass is 32.2. The lowest BCUT2D eigenvalue weighted by Crippen LogP contribution is -2.37. The van der Waals surface area contributed by atoms with E-state index in [4.69, 9.17) is 16.2 Å². The zero-order valence-electron chi connectivity index (χ0n) is 20.1. The predicted octanol–water partition coefficient (Wildman–Crippen LogP) is 2.52. The lowest BCUT2D eigenvalue weighted by molar-refractivity contribution is -0.137. The van der Waals surface area contributed by atoms with Crippen molar-refractivity contribution in [3.8, 4) is 0 Å². The van der Waals surface area contributed by atoms with Gasteiger partial charge < -0.3 is 31.9 Å². The molecule has 0 saturated carbocycles. The molecule has 0 aliphatic carbocycles. The second kappa shape index (κ2) is 14.1. The number of benzene rings is 1. The molecule has 2 aromatic rings. The monoisotopic (exact) mass is 531 g/mol. The van der Waals surface area contributed by atoms with Gasteiger partial charge in [0.1, 0.15) is 16.8 Å². The summed E-state index contributed by atoms with van der Waals surface area (Å²) in [6.45, 7) is 2.03. The number of nitrogens with zero attached hydrogens (tertiary/aromatic N) is 3. The molecule has 0 spiro atoms. The second-order valence-corrected chi connectivity index (χ2v) is 8.61. The predicted molar refractivity (Wildman–Crippen MR) is 135 cm³/mol. The Bertz CT molecular complexity index is 998. The van der Waals surface area contributed by atoms with Gasteiger partial charge in [0, 0.05) is 25.9 Å². The number of alkyl halides is 3. The molecule has 1 aromatic heterocycles. The maximum absolute atomic E-state index is 13.2. The lowest BCUT2D eigenvalue weighted by atomic mass is 10.1. The minimum absolute atomic E-state index is 0.00334. The van der Waals surface area contributed by atoms with E-state index in [-0.39, 0.29) is 36.2 Å². The molecule has 1 atom stereocenters. The van der Waals surface area contributed by atoms with Crippen LogP contribution in [0.4, 0.5) is 36.3 Å². The maximum Gasteiger partial charge on any atom is 0.416 e. The number of nitrogens with two attached hydrogens (primary N) is 2. The largest absolute Gasteiger partial charge is 0.416 e. The summed E-state index contributed by atoms with van der Waals surface area (Å²) in [6, 6.07) is 3.49. The highest BCUT2D eigenvalue weighted by molar-refractivity contribution is 7.98. The van der Waals surface area contributed by atoms with Gasteiger partial charge in [-0.25, -0.2) is 4.98 Å². The third-order valence-corrected chi connectivity index (χ3v) is 5.90. The zero-order chi connectivity index (χ0) is 26.7. The summed E-state index contributed by atoms with van der Waals surface area (Å²) in [7, 11) is 1.58. The van der Waals surface area contributed by atoms with Gasteiger partial charge in [-0.2, -0.15) is 18.2 Å². The number of hydrogen-bond acceptors (Lipinski definition) is 10. The Morgan fingerprint density at radius 3 is 2.64 bits per heavy atom. The molecule has 0 saturated heterocycles. The van der Waals surface area contributed by atoms with Crippen LogP contribution >= 0.6 is 11.8 Å². The number of aliphatic hydroxyl groups excluding tert-OH is 1. The van der Waals surface area contributed by atoms with Crippen LogP contribution in [0.2, 0.25) is 0 Å². The van der Waals surface area contributed by atoms with Crippen LogP contribution in [0.15, 0.2) is 29.3 Å².